The average molecular weight is 256 g/mol. The van der Waals surface area contributed by atoms with Crippen LogP contribution in [0.2, 0.25) is 0 Å². The second-order valence-electron chi connectivity index (χ2n) is 6.09. The highest BCUT2D eigenvalue weighted by Gasteiger charge is 2.28. The number of fused-ring (bicyclic) bond motifs is 6. The molecule has 96 valence electrons. The standard InChI is InChI=1S/C20H16/c1-3-7-15-13(5-1)11-19-17(15)9-10-18-16-8-4-2-6-14(16)12-20(18)19/h1,3-5,7-10H,2,6,11-12H2. The second-order valence-corrected chi connectivity index (χ2v) is 6.09. The van der Waals surface area contributed by atoms with Crippen LogP contribution < -0.4 is 0 Å². The first-order valence-corrected chi connectivity index (χ1v) is 7.54. The lowest BCUT2D eigenvalue weighted by Gasteiger charge is -2.09. The highest BCUT2D eigenvalue weighted by atomic mass is 14.3. The average Bonchev–Trinajstić information content (AvgIpc) is 3.05. The molecule has 2 aromatic rings. The van der Waals surface area contributed by atoms with Crippen LogP contribution in [0, 0.1) is 0 Å². The lowest BCUT2D eigenvalue weighted by molar-refractivity contribution is 0.931. The summed E-state index contributed by atoms with van der Waals surface area (Å²) < 4.78 is 0. The zero-order valence-electron chi connectivity index (χ0n) is 11.4. The van der Waals surface area contributed by atoms with Crippen LogP contribution in [0.1, 0.15) is 35.1 Å². The summed E-state index contributed by atoms with van der Waals surface area (Å²) in [5.41, 5.74) is 12.3. The predicted octanol–water partition coefficient (Wildman–Crippen LogP) is 4.92. The Hall–Kier alpha value is -2.08. The van der Waals surface area contributed by atoms with Crippen molar-refractivity contribution < 1.29 is 0 Å². The number of allylic oxidation sites excluding steroid dienone is 4. The van der Waals surface area contributed by atoms with Crippen molar-refractivity contribution in [2.24, 2.45) is 0 Å². The van der Waals surface area contributed by atoms with Crippen molar-refractivity contribution >= 4 is 5.57 Å². The first-order chi connectivity index (χ1) is 9.92. The van der Waals surface area contributed by atoms with Crippen LogP contribution >= 0.6 is 0 Å². The third-order valence-corrected chi connectivity index (χ3v) is 5.06. The summed E-state index contributed by atoms with van der Waals surface area (Å²) in [5.74, 6) is 0. The van der Waals surface area contributed by atoms with Gasteiger partial charge in [0.05, 0.1) is 0 Å². The zero-order chi connectivity index (χ0) is 13.1. The fraction of sp³-hybridized carbons (Fsp3) is 0.200. The van der Waals surface area contributed by atoms with Crippen molar-refractivity contribution in [1.82, 2.24) is 0 Å². The molecule has 20 heavy (non-hydrogen) atoms. The van der Waals surface area contributed by atoms with E-state index in [1.54, 1.807) is 16.7 Å². The van der Waals surface area contributed by atoms with E-state index in [4.69, 9.17) is 0 Å². The molecule has 0 amide bonds. The van der Waals surface area contributed by atoms with Crippen LogP contribution in [0.25, 0.3) is 16.7 Å². The molecule has 0 aliphatic heterocycles. The van der Waals surface area contributed by atoms with Gasteiger partial charge in [-0.15, -0.1) is 0 Å². The van der Waals surface area contributed by atoms with Gasteiger partial charge in [-0.1, -0.05) is 54.1 Å². The van der Waals surface area contributed by atoms with Crippen molar-refractivity contribution in [3.8, 4) is 11.1 Å². The Balaban J connectivity index is 1.72. The first-order valence-electron chi connectivity index (χ1n) is 7.54. The van der Waals surface area contributed by atoms with Gasteiger partial charge in [0.15, 0.2) is 0 Å². The molecular formula is C20H16. The van der Waals surface area contributed by atoms with Gasteiger partial charge in [-0.3, -0.25) is 0 Å². The van der Waals surface area contributed by atoms with E-state index in [0.29, 0.717) is 0 Å². The monoisotopic (exact) mass is 256 g/mol. The molecule has 0 spiro atoms. The number of hydrogen-bond donors (Lipinski definition) is 0. The topological polar surface area (TPSA) is 0 Å². The molecule has 0 fully saturated rings. The summed E-state index contributed by atoms with van der Waals surface area (Å²) in [6.07, 6.45) is 9.46. The third kappa shape index (κ3) is 1.27. The summed E-state index contributed by atoms with van der Waals surface area (Å²) in [6.45, 7) is 0. The summed E-state index contributed by atoms with van der Waals surface area (Å²) in [4.78, 5) is 0. The van der Waals surface area contributed by atoms with Gasteiger partial charge in [0.2, 0.25) is 0 Å². The minimum absolute atomic E-state index is 1.12. The molecule has 3 aliphatic rings. The van der Waals surface area contributed by atoms with Crippen molar-refractivity contribution in [2.75, 3.05) is 0 Å². The zero-order valence-corrected chi connectivity index (χ0v) is 11.4. The Kier molecular flexibility index (Phi) is 1.99. The van der Waals surface area contributed by atoms with Gasteiger partial charge in [0.1, 0.15) is 0 Å². The first kappa shape index (κ1) is 10.7. The van der Waals surface area contributed by atoms with Crippen molar-refractivity contribution in [3.63, 3.8) is 0 Å². The summed E-state index contributed by atoms with van der Waals surface area (Å²) in [5, 5.41) is 0. The van der Waals surface area contributed by atoms with E-state index in [1.165, 1.54) is 47.1 Å². The minimum atomic E-state index is 1.12. The molecule has 3 aliphatic carbocycles. The molecule has 0 saturated carbocycles. The Morgan fingerprint density at radius 1 is 0.750 bits per heavy atom. The molecule has 0 N–H and O–H groups in total. The molecule has 0 nitrogen and oxygen atoms in total. The maximum atomic E-state index is 2.36. The van der Waals surface area contributed by atoms with E-state index in [1.807, 2.05) is 0 Å². The van der Waals surface area contributed by atoms with Crippen LogP contribution in [0.3, 0.4) is 0 Å². The van der Waals surface area contributed by atoms with E-state index >= 15 is 0 Å². The van der Waals surface area contributed by atoms with E-state index in [9.17, 15) is 0 Å². The maximum absolute atomic E-state index is 2.36. The van der Waals surface area contributed by atoms with Crippen LogP contribution in [-0.2, 0) is 12.8 Å². The molecular weight excluding hydrogens is 240 g/mol. The van der Waals surface area contributed by atoms with Gasteiger partial charge in [0.25, 0.3) is 0 Å². The fourth-order valence-corrected chi connectivity index (χ4v) is 4.12. The third-order valence-electron chi connectivity index (χ3n) is 5.06. The Morgan fingerprint density at radius 2 is 1.60 bits per heavy atom. The molecule has 0 bridgehead atoms. The maximum Gasteiger partial charge on any atom is -0.00104 e. The molecule has 0 aromatic heterocycles. The van der Waals surface area contributed by atoms with Gasteiger partial charge >= 0.3 is 0 Å². The second kappa shape index (κ2) is 3.73. The van der Waals surface area contributed by atoms with Gasteiger partial charge in [-0.25, -0.2) is 0 Å². The van der Waals surface area contributed by atoms with Gasteiger partial charge in [-0.05, 0) is 64.6 Å². The van der Waals surface area contributed by atoms with Crippen LogP contribution in [0.4, 0.5) is 0 Å². The highest BCUT2D eigenvalue weighted by Crippen LogP contribution is 2.46. The molecule has 0 unspecified atom stereocenters. The molecule has 5 rings (SSSR count). The number of rotatable bonds is 0. The SMILES string of the molecule is C1=CC2=C(CC1)Cc1c2ccc2c1Cc1ccccc1-2. The largest absolute Gasteiger partial charge is 0.0836 e. The van der Waals surface area contributed by atoms with Gasteiger partial charge < -0.3 is 0 Å². The minimum Gasteiger partial charge on any atom is -0.0836 e. The van der Waals surface area contributed by atoms with Crippen LogP contribution in [-0.4, -0.2) is 0 Å². The lowest BCUT2D eigenvalue weighted by atomic mass is 9.95. The van der Waals surface area contributed by atoms with E-state index in [0.717, 1.165) is 6.42 Å². The molecule has 0 saturated heterocycles. The Bertz CT molecular complexity index is 803. The normalized spacial score (nSPS) is 17.8. The quantitative estimate of drug-likeness (QED) is 0.535. The van der Waals surface area contributed by atoms with Gasteiger partial charge in [0, 0.05) is 0 Å². The fourth-order valence-electron chi connectivity index (χ4n) is 4.12. The van der Waals surface area contributed by atoms with E-state index < -0.39 is 0 Å². The van der Waals surface area contributed by atoms with Crippen molar-refractivity contribution in [1.29, 1.82) is 0 Å². The molecule has 0 radical (unpaired) electrons. The summed E-state index contributed by atoms with van der Waals surface area (Å²) in [7, 11) is 0. The lowest BCUT2D eigenvalue weighted by Crippen LogP contribution is -1.93. The molecule has 0 heteroatoms. The summed E-state index contributed by atoms with van der Waals surface area (Å²) >= 11 is 0. The highest BCUT2D eigenvalue weighted by molar-refractivity contribution is 5.89. The van der Waals surface area contributed by atoms with E-state index in [-0.39, 0.29) is 0 Å². The van der Waals surface area contributed by atoms with E-state index in [2.05, 4.69) is 48.6 Å². The van der Waals surface area contributed by atoms with Crippen LogP contribution in [0.5, 0.6) is 0 Å². The number of benzene rings is 2. The molecule has 0 atom stereocenters. The smallest absolute Gasteiger partial charge is 0.00104 e. The molecule has 0 heterocycles. The van der Waals surface area contributed by atoms with Gasteiger partial charge in [-0.2, -0.15) is 0 Å². The number of hydrogen-bond acceptors (Lipinski definition) is 0. The Labute approximate surface area is 119 Å². The summed E-state index contributed by atoms with van der Waals surface area (Å²) in [6, 6.07) is 13.6. The van der Waals surface area contributed by atoms with Crippen molar-refractivity contribution in [3.05, 3.63) is 76.4 Å². The van der Waals surface area contributed by atoms with Crippen molar-refractivity contribution in [2.45, 2.75) is 25.7 Å². The Morgan fingerprint density at radius 3 is 2.60 bits per heavy atom. The predicted molar refractivity (Wildman–Crippen MR) is 83.7 cm³/mol. The molecule has 2 aromatic carbocycles. The van der Waals surface area contributed by atoms with Crippen LogP contribution in [0.15, 0.2) is 54.1 Å².